The van der Waals surface area contributed by atoms with Gasteiger partial charge in [0.15, 0.2) is 0 Å². The Balaban J connectivity index is 1.64. The lowest BCUT2D eigenvalue weighted by Crippen LogP contribution is -2.49. The highest BCUT2D eigenvalue weighted by Crippen LogP contribution is 2.29. The molecule has 160 valence electrons. The van der Waals surface area contributed by atoms with Crippen LogP contribution in [0, 0.1) is 0 Å². The minimum Gasteiger partial charge on any atom is -0.508 e. The van der Waals surface area contributed by atoms with Gasteiger partial charge in [-0.25, -0.2) is 0 Å². The number of nitrogens with zero attached hydrogens (tertiary/aromatic N) is 3. The van der Waals surface area contributed by atoms with E-state index in [4.69, 9.17) is 0 Å². The quantitative estimate of drug-likeness (QED) is 0.721. The van der Waals surface area contributed by atoms with Crippen molar-refractivity contribution in [3.63, 3.8) is 0 Å². The van der Waals surface area contributed by atoms with Crippen LogP contribution in [0.25, 0.3) is 0 Å². The first-order valence-corrected chi connectivity index (χ1v) is 10.7. The average molecular weight is 403 g/mol. The fourth-order valence-corrected chi connectivity index (χ4v) is 4.69. The van der Waals surface area contributed by atoms with Crippen LogP contribution >= 0.6 is 0 Å². The zero-order valence-electron chi connectivity index (χ0n) is 17.8. The lowest BCUT2D eigenvalue weighted by atomic mass is 10.0. The predicted molar refractivity (Wildman–Crippen MR) is 112 cm³/mol. The number of aromatic hydroxyl groups is 1. The molecule has 0 bridgehead atoms. The SMILES string of the molecule is CCN(CC)C(=O)CCC1CNC(=O)C2C(CCN2Cc2ccc(O)cc2)N1C. The van der Waals surface area contributed by atoms with Gasteiger partial charge in [-0.15, -0.1) is 0 Å². The van der Waals surface area contributed by atoms with Crippen LogP contribution in [-0.4, -0.2) is 83.0 Å². The summed E-state index contributed by atoms with van der Waals surface area (Å²) in [6.45, 7) is 7.62. The van der Waals surface area contributed by atoms with E-state index in [1.165, 1.54) is 0 Å². The molecule has 2 fully saturated rings. The second-order valence-corrected chi connectivity index (χ2v) is 8.11. The van der Waals surface area contributed by atoms with Crippen LogP contribution in [0.2, 0.25) is 0 Å². The summed E-state index contributed by atoms with van der Waals surface area (Å²) in [4.78, 5) is 31.7. The van der Waals surface area contributed by atoms with Gasteiger partial charge in [0.25, 0.3) is 0 Å². The number of carbonyl (C=O) groups excluding carboxylic acids is 2. The second-order valence-electron chi connectivity index (χ2n) is 8.11. The van der Waals surface area contributed by atoms with Crippen LogP contribution in [0.1, 0.15) is 38.7 Å². The molecule has 3 atom stereocenters. The largest absolute Gasteiger partial charge is 0.508 e. The fourth-order valence-electron chi connectivity index (χ4n) is 4.69. The molecule has 1 aromatic carbocycles. The zero-order valence-corrected chi connectivity index (χ0v) is 17.8. The molecule has 0 aromatic heterocycles. The maximum absolute atomic E-state index is 12.9. The van der Waals surface area contributed by atoms with E-state index < -0.39 is 0 Å². The monoisotopic (exact) mass is 402 g/mol. The Bertz CT molecular complexity index is 705. The Kier molecular flexibility index (Phi) is 7.14. The smallest absolute Gasteiger partial charge is 0.239 e. The molecular formula is C22H34N4O3. The number of fused-ring (bicyclic) bond motifs is 1. The molecule has 3 rings (SSSR count). The molecule has 0 saturated carbocycles. The van der Waals surface area contributed by atoms with Gasteiger partial charge in [0.2, 0.25) is 11.8 Å². The molecule has 2 N–H and O–H groups in total. The molecule has 2 amide bonds. The number of benzene rings is 1. The van der Waals surface area contributed by atoms with E-state index in [0.29, 0.717) is 19.5 Å². The third kappa shape index (κ3) is 4.90. The van der Waals surface area contributed by atoms with Crippen molar-refractivity contribution in [2.75, 3.05) is 33.2 Å². The van der Waals surface area contributed by atoms with E-state index >= 15 is 0 Å². The molecule has 2 heterocycles. The number of rotatable bonds is 7. The van der Waals surface area contributed by atoms with Crippen molar-refractivity contribution in [2.45, 2.75) is 57.8 Å². The predicted octanol–water partition coefficient (Wildman–Crippen LogP) is 1.41. The summed E-state index contributed by atoms with van der Waals surface area (Å²) in [7, 11) is 2.09. The molecule has 7 heteroatoms. The number of nitrogens with one attached hydrogen (secondary N) is 1. The van der Waals surface area contributed by atoms with E-state index in [0.717, 1.165) is 38.0 Å². The number of amides is 2. The first-order chi connectivity index (χ1) is 13.9. The van der Waals surface area contributed by atoms with Crippen molar-refractivity contribution in [1.29, 1.82) is 0 Å². The molecule has 29 heavy (non-hydrogen) atoms. The van der Waals surface area contributed by atoms with Gasteiger partial charge >= 0.3 is 0 Å². The van der Waals surface area contributed by atoms with Gasteiger partial charge < -0.3 is 15.3 Å². The summed E-state index contributed by atoms with van der Waals surface area (Å²) in [5.74, 6) is 0.522. The number of hydrogen-bond acceptors (Lipinski definition) is 5. The highest BCUT2D eigenvalue weighted by atomic mass is 16.3. The standard InChI is InChI=1S/C22H34N4O3/c1-4-25(5-2)20(28)11-8-17-14-23-22(29)21-19(24(17)3)12-13-26(21)15-16-6-9-18(27)10-7-16/h6-7,9-10,17,19,21,27H,4-5,8,11-15H2,1-3H3,(H,23,29). The third-order valence-corrected chi connectivity index (χ3v) is 6.48. The van der Waals surface area contributed by atoms with Crippen LogP contribution in [0.4, 0.5) is 0 Å². The lowest BCUT2D eigenvalue weighted by molar-refractivity contribution is -0.131. The van der Waals surface area contributed by atoms with E-state index in [2.05, 4.69) is 22.2 Å². The van der Waals surface area contributed by atoms with Crippen molar-refractivity contribution in [1.82, 2.24) is 20.0 Å². The molecule has 0 spiro atoms. The molecule has 7 nitrogen and oxygen atoms in total. The number of phenols is 1. The Morgan fingerprint density at radius 1 is 1.24 bits per heavy atom. The number of carbonyl (C=O) groups is 2. The minimum absolute atomic E-state index is 0.0793. The van der Waals surface area contributed by atoms with E-state index in [1.54, 1.807) is 12.1 Å². The second kappa shape index (κ2) is 9.59. The molecular weight excluding hydrogens is 368 g/mol. The van der Waals surface area contributed by atoms with Gasteiger partial charge in [-0.3, -0.25) is 19.4 Å². The number of hydrogen-bond donors (Lipinski definition) is 2. The molecule has 2 aliphatic rings. The van der Waals surface area contributed by atoms with Gasteiger partial charge in [0.1, 0.15) is 11.8 Å². The van der Waals surface area contributed by atoms with Crippen molar-refractivity contribution < 1.29 is 14.7 Å². The van der Waals surface area contributed by atoms with Crippen LogP contribution < -0.4 is 5.32 Å². The van der Waals surface area contributed by atoms with Crippen molar-refractivity contribution in [2.24, 2.45) is 0 Å². The molecule has 2 saturated heterocycles. The molecule has 0 aliphatic carbocycles. The van der Waals surface area contributed by atoms with E-state index in [9.17, 15) is 14.7 Å². The first kappa shape index (κ1) is 21.6. The summed E-state index contributed by atoms with van der Waals surface area (Å²) in [6, 6.07) is 7.32. The first-order valence-electron chi connectivity index (χ1n) is 10.7. The zero-order chi connectivity index (χ0) is 21.0. The Labute approximate surface area is 173 Å². The van der Waals surface area contributed by atoms with Gasteiger partial charge in [0, 0.05) is 51.2 Å². The van der Waals surface area contributed by atoms with Gasteiger partial charge in [-0.2, -0.15) is 0 Å². The summed E-state index contributed by atoms with van der Waals surface area (Å²) in [5, 5.41) is 12.6. The van der Waals surface area contributed by atoms with E-state index in [1.807, 2.05) is 30.9 Å². The molecule has 3 unspecified atom stereocenters. The third-order valence-electron chi connectivity index (χ3n) is 6.48. The molecule has 0 radical (unpaired) electrons. The fraction of sp³-hybridized carbons (Fsp3) is 0.636. The molecule has 1 aromatic rings. The van der Waals surface area contributed by atoms with Crippen LogP contribution in [0.3, 0.4) is 0 Å². The van der Waals surface area contributed by atoms with E-state index in [-0.39, 0.29) is 35.7 Å². The van der Waals surface area contributed by atoms with Crippen LogP contribution in [0.5, 0.6) is 5.75 Å². The molecule has 2 aliphatic heterocycles. The highest BCUT2D eigenvalue weighted by Gasteiger charge is 2.44. The maximum Gasteiger partial charge on any atom is 0.239 e. The summed E-state index contributed by atoms with van der Waals surface area (Å²) in [5.41, 5.74) is 1.09. The summed E-state index contributed by atoms with van der Waals surface area (Å²) < 4.78 is 0. The van der Waals surface area contributed by atoms with Crippen molar-refractivity contribution in [3.8, 4) is 5.75 Å². The Morgan fingerprint density at radius 3 is 2.59 bits per heavy atom. The maximum atomic E-state index is 12.9. The lowest BCUT2D eigenvalue weighted by Gasteiger charge is -2.33. The van der Waals surface area contributed by atoms with Crippen LogP contribution in [-0.2, 0) is 16.1 Å². The number of likely N-dealkylation sites (N-methyl/N-ethyl adjacent to an activating group) is 1. The topological polar surface area (TPSA) is 76.1 Å². The van der Waals surface area contributed by atoms with Crippen molar-refractivity contribution in [3.05, 3.63) is 29.8 Å². The average Bonchev–Trinajstić information content (AvgIpc) is 3.08. The van der Waals surface area contributed by atoms with Gasteiger partial charge in [-0.1, -0.05) is 12.1 Å². The van der Waals surface area contributed by atoms with Gasteiger partial charge in [-0.05, 0) is 51.4 Å². The number of likely N-dealkylation sites (tertiary alicyclic amines) is 1. The van der Waals surface area contributed by atoms with Crippen molar-refractivity contribution >= 4 is 11.8 Å². The highest BCUT2D eigenvalue weighted by molar-refractivity contribution is 5.83. The summed E-state index contributed by atoms with van der Waals surface area (Å²) >= 11 is 0. The minimum atomic E-state index is -0.183. The summed E-state index contributed by atoms with van der Waals surface area (Å²) in [6.07, 6.45) is 2.21. The normalized spacial score (nSPS) is 25.3. The Hall–Kier alpha value is -2.12. The number of phenolic OH excluding ortho intramolecular Hbond substituents is 1. The van der Waals surface area contributed by atoms with Gasteiger partial charge in [0.05, 0.1) is 0 Å². The Morgan fingerprint density at radius 2 is 1.93 bits per heavy atom. The van der Waals surface area contributed by atoms with Crippen LogP contribution in [0.15, 0.2) is 24.3 Å².